The summed E-state index contributed by atoms with van der Waals surface area (Å²) in [4.78, 5) is 4.86. The lowest BCUT2D eigenvalue weighted by atomic mass is 9.79. The van der Waals surface area contributed by atoms with E-state index in [1.165, 1.54) is 66.1 Å². The number of para-hydroxylation sites is 2. The van der Waals surface area contributed by atoms with Crippen molar-refractivity contribution in [2.75, 3.05) is 0 Å². The maximum atomic E-state index is 6.26. The molecule has 0 aliphatic heterocycles. The normalized spacial score (nSPS) is 13.4. The second-order valence-corrected chi connectivity index (χ2v) is 12.3. The molecule has 0 fully saturated rings. The van der Waals surface area contributed by atoms with Gasteiger partial charge in [-0.3, -0.25) is 0 Å². The number of hydrogen-bond donors (Lipinski definition) is 0. The summed E-state index contributed by atoms with van der Waals surface area (Å²) in [6.45, 7) is 4.71. The summed E-state index contributed by atoms with van der Waals surface area (Å²) >= 11 is 0. The topological polar surface area (TPSA) is 26.0 Å². The second-order valence-electron chi connectivity index (χ2n) is 12.3. The van der Waals surface area contributed by atoms with Gasteiger partial charge in [0.2, 0.25) is 5.89 Å². The van der Waals surface area contributed by atoms with Crippen LogP contribution in [0.3, 0.4) is 0 Å². The Kier molecular flexibility index (Phi) is 5.28. The van der Waals surface area contributed by atoms with Crippen LogP contribution in [0.2, 0.25) is 0 Å². The van der Waals surface area contributed by atoms with Crippen molar-refractivity contribution in [3.8, 4) is 44.8 Å². The Morgan fingerprint density at radius 2 is 1.09 bits per heavy atom. The number of fused-ring (bicyclic) bond motifs is 6. The average Bonchev–Trinajstić information content (AvgIpc) is 3.60. The predicted molar refractivity (Wildman–Crippen MR) is 183 cm³/mol. The Morgan fingerprint density at radius 3 is 1.84 bits per heavy atom. The molecule has 208 valence electrons. The molecule has 7 aromatic carbocycles. The number of nitrogens with zero attached hydrogens (tertiary/aromatic N) is 1. The van der Waals surface area contributed by atoms with Crippen LogP contribution in [0.25, 0.3) is 77.5 Å². The molecule has 2 heteroatoms. The molecule has 0 radical (unpaired) electrons. The summed E-state index contributed by atoms with van der Waals surface area (Å²) in [5.74, 6) is 0.638. The van der Waals surface area contributed by atoms with E-state index in [-0.39, 0.29) is 5.41 Å². The monoisotopic (exact) mass is 563 g/mol. The van der Waals surface area contributed by atoms with Gasteiger partial charge < -0.3 is 4.42 Å². The molecule has 0 spiro atoms. The lowest BCUT2D eigenvalue weighted by Crippen LogP contribution is -2.14. The average molecular weight is 564 g/mol. The van der Waals surface area contributed by atoms with Crippen molar-refractivity contribution in [2.24, 2.45) is 0 Å². The van der Waals surface area contributed by atoms with Crippen LogP contribution >= 0.6 is 0 Å². The van der Waals surface area contributed by atoms with E-state index in [4.69, 9.17) is 9.40 Å². The van der Waals surface area contributed by atoms with Crippen LogP contribution in [0.5, 0.6) is 0 Å². The van der Waals surface area contributed by atoms with Crippen molar-refractivity contribution in [3.63, 3.8) is 0 Å². The van der Waals surface area contributed by atoms with E-state index in [2.05, 4.69) is 129 Å². The quantitative estimate of drug-likeness (QED) is 0.200. The van der Waals surface area contributed by atoms with Gasteiger partial charge >= 0.3 is 0 Å². The first kappa shape index (κ1) is 25.1. The largest absolute Gasteiger partial charge is 0.436 e. The highest BCUT2D eigenvalue weighted by molar-refractivity contribution is 6.23. The number of benzene rings is 7. The molecule has 8 aromatic rings. The lowest BCUT2D eigenvalue weighted by Gasteiger charge is -2.24. The zero-order valence-corrected chi connectivity index (χ0v) is 24.6. The molecule has 1 heterocycles. The van der Waals surface area contributed by atoms with Gasteiger partial charge in [0.25, 0.3) is 0 Å². The van der Waals surface area contributed by atoms with Crippen molar-refractivity contribution in [3.05, 3.63) is 151 Å². The first-order chi connectivity index (χ1) is 21.6. The van der Waals surface area contributed by atoms with E-state index in [1.807, 2.05) is 24.3 Å². The maximum absolute atomic E-state index is 6.26. The molecule has 1 aliphatic carbocycles. The van der Waals surface area contributed by atoms with E-state index >= 15 is 0 Å². The van der Waals surface area contributed by atoms with Gasteiger partial charge in [-0.1, -0.05) is 117 Å². The fourth-order valence-electron chi connectivity index (χ4n) is 7.38. The van der Waals surface area contributed by atoms with Crippen LogP contribution in [0.4, 0.5) is 0 Å². The fourth-order valence-corrected chi connectivity index (χ4v) is 7.38. The summed E-state index contributed by atoms with van der Waals surface area (Å²) in [5, 5.41) is 4.93. The van der Waals surface area contributed by atoms with Gasteiger partial charge in [0.05, 0.1) is 0 Å². The molecule has 0 amide bonds. The number of hydrogen-bond acceptors (Lipinski definition) is 2. The Morgan fingerprint density at radius 1 is 0.477 bits per heavy atom. The summed E-state index contributed by atoms with van der Waals surface area (Å²) in [5.41, 5.74) is 12.9. The minimum absolute atomic E-state index is 0.101. The first-order valence-corrected chi connectivity index (χ1v) is 15.2. The molecule has 0 unspecified atom stereocenters. The number of aromatic nitrogens is 1. The summed E-state index contributed by atoms with van der Waals surface area (Å²) < 4.78 is 6.26. The standard InChI is InChI=1S/C42H29NO/c1-42(2)35-18-10-9-17-29(35)31-24-33-34(25-36(31)42)40(27-15-7-4-8-16-27)32-23-28(41-43-37-19-11-12-20-38(37)44-41)21-22-30(32)39(33)26-13-5-3-6-14-26/h3-25H,1-2H3. The molecular weight excluding hydrogens is 534 g/mol. The zero-order valence-electron chi connectivity index (χ0n) is 24.6. The van der Waals surface area contributed by atoms with E-state index in [0.717, 1.165) is 16.7 Å². The Hall–Kier alpha value is -5.47. The van der Waals surface area contributed by atoms with Gasteiger partial charge in [0.15, 0.2) is 5.58 Å². The Labute approximate surface area is 256 Å². The lowest BCUT2D eigenvalue weighted by molar-refractivity contribution is 0.620. The Bertz CT molecular complexity index is 2360. The molecular formula is C42H29NO. The van der Waals surface area contributed by atoms with Crippen LogP contribution in [0.15, 0.2) is 144 Å². The highest BCUT2D eigenvalue weighted by atomic mass is 16.3. The SMILES string of the molecule is CC1(C)c2ccccc2-c2cc3c(-c4ccccc4)c4ccc(-c5nc6ccccc6o5)cc4c(-c4ccccc4)c3cc21. The molecule has 0 saturated heterocycles. The third kappa shape index (κ3) is 3.58. The Balaban J connectivity index is 1.45. The third-order valence-electron chi connectivity index (χ3n) is 9.48. The van der Waals surface area contributed by atoms with Gasteiger partial charge in [0, 0.05) is 11.0 Å². The molecule has 2 nitrogen and oxygen atoms in total. The van der Waals surface area contributed by atoms with Crippen molar-refractivity contribution in [1.82, 2.24) is 4.98 Å². The molecule has 1 aromatic heterocycles. The maximum Gasteiger partial charge on any atom is 0.227 e. The van der Waals surface area contributed by atoms with Crippen LogP contribution in [-0.2, 0) is 5.41 Å². The van der Waals surface area contributed by atoms with Gasteiger partial charge in [-0.2, -0.15) is 0 Å². The molecule has 0 atom stereocenters. The van der Waals surface area contributed by atoms with Gasteiger partial charge in [-0.15, -0.1) is 0 Å². The minimum Gasteiger partial charge on any atom is -0.436 e. The molecule has 0 bridgehead atoms. The summed E-state index contributed by atoms with van der Waals surface area (Å²) in [6, 6.07) is 50.2. The molecule has 9 rings (SSSR count). The highest BCUT2D eigenvalue weighted by Gasteiger charge is 2.36. The van der Waals surface area contributed by atoms with Crippen molar-refractivity contribution in [1.29, 1.82) is 0 Å². The smallest absolute Gasteiger partial charge is 0.227 e. The number of rotatable bonds is 3. The van der Waals surface area contributed by atoms with Crippen molar-refractivity contribution >= 4 is 32.6 Å². The molecule has 1 aliphatic rings. The van der Waals surface area contributed by atoms with Gasteiger partial charge in [-0.05, 0) is 102 Å². The van der Waals surface area contributed by atoms with Crippen LogP contribution in [0, 0.1) is 0 Å². The molecule has 0 saturated carbocycles. The first-order valence-electron chi connectivity index (χ1n) is 15.2. The number of oxazole rings is 1. The predicted octanol–water partition coefficient (Wildman–Crippen LogP) is 11.4. The second kappa shape index (κ2) is 9.26. The third-order valence-corrected chi connectivity index (χ3v) is 9.48. The van der Waals surface area contributed by atoms with Gasteiger partial charge in [0.1, 0.15) is 5.52 Å². The fraction of sp³-hybridized carbons (Fsp3) is 0.0714. The van der Waals surface area contributed by atoms with E-state index in [0.29, 0.717) is 5.89 Å². The highest BCUT2D eigenvalue weighted by Crippen LogP contribution is 2.53. The zero-order chi connectivity index (χ0) is 29.4. The molecule has 44 heavy (non-hydrogen) atoms. The van der Waals surface area contributed by atoms with Crippen LogP contribution < -0.4 is 0 Å². The van der Waals surface area contributed by atoms with Crippen LogP contribution in [-0.4, -0.2) is 4.98 Å². The van der Waals surface area contributed by atoms with E-state index in [1.54, 1.807) is 0 Å². The summed E-state index contributed by atoms with van der Waals surface area (Å²) in [6.07, 6.45) is 0. The van der Waals surface area contributed by atoms with Gasteiger partial charge in [-0.25, -0.2) is 4.98 Å². The van der Waals surface area contributed by atoms with Crippen LogP contribution in [0.1, 0.15) is 25.0 Å². The summed E-state index contributed by atoms with van der Waals surface area (Å²) in [7, 11) is 0. The molecule has 0 N–H and O–H groups in total. The minimum atomic E-state index is -0.101. The van der Waals surface area contributed by atoms with E-state index < -0.39 is 0 Å². The van der Waals surface area contributed by atoms with E-state index in [9.17, 15) is 0 Å². The van der Waals surface area contributed by atoms with Crippen molar-refractivity contribution in [2.45, 2.75) is 19.3 Å². The van der Waals surface area contributed by atoms with Crippen molar-refractivity contribution < 1.29 is 4.42 Å².